The highest BCUT2D eigenvalue weighted by atomic mass is 35.5. The molecule has 0 saturated carbocycles. The van der Waals surface area contributed by atoms with Gasteiger partial charge in [0, 0.05) is 22.7 Å². The molecule has 0 amide bonds. The molecule has 1 unspecified atom stereocenters. The van der Waals surface area contributed by atoms with Crippen LogP contribution in [0.25, 0.3) is 0 Å². The van der Waals surface area contributed by atoms with Gasteiger partial charge in [-0.15, -0.1) is 11.8 Å². The van der Waals surface area contributed by atoms with Crippen LogP contribution < -0.4 is 5.32 Å². The maximum atomic E-state index is 11.6. The van der Waals surface area contributed by atoms with Gasteiger partial charge in [-0.2, -0.15) is 0 Å². The summed E-state index contributed by atoms with van der Waals surface area (Å²) in [6, 6.07) is 4.77. The van der Waals surface area contributed by atoms with Gasteiger partial charge in [0.2, 0.25) is 0 Å². The minimum Gasteiger partial charge on any atom is -0.480 e. The number of hydrogen-bond acceptors (Lipinski definition) is 5. The Morgan fingerprint density at radius 3 is 2.73 bits per heavy atom. The van der Waals surface area contributed by atoms with E-state index in [9.17, 15) is 14.7 Å². The van der Waals surface area contributed by atoms with Crippen LogP contribution in [0.3, 0.4) is 0 Å². The molecule has 0 radical (unpaired) electrons. The number of ether oxygens (including phenoxy) is 1. The van der Waals surface area contributed by atoms with E-state index in [2.05, 4.69) is 10.3 Å². The van der Waals surface area contributed by atoms with Crippen molar-refractivity contribution in [2.45, 2.75) is 30.8 Å². The van der Waals surface area contributed by atoms with Gasteiger partial charge >= 0.3 is 11.9 Å². The zero-order valence-electron chi connectivity index (χ0n) is 14.8. The molecule has 1 aromatic carbocycles. The highest BCUT2D eigenvalue weighted by Crippen LogP contribution is 2.23. The van der Waals surface area contributed by atoms with Crippen LogP contribution in [0.5, 0.6) is 0 Å². The molecular weight excluding hydrogens is 376 g/mol. The Labute approximate surface area is 161 Å². The largest absolute Gasteiger partial charge is 0.480 e. The van der Waals surface area contributed by atoms with Crippen LogP contribution in [0.15, 0.2) is 29.3 Å². The molecule has 1 heterocycles. The Balaban J connectivity index is 2.10. The van der Waals surface area contributed by atoms with E-state index in [0.29, 0.717) is 23.7 Å². The lowest BCUT2D eigenvalue weighted by Gasteiger charge is -2.15. The van der Waals surface area contributed by atoms with Crippen molar-refractivity contribution in [2.75, 3.05) is 13.4 Å². The van der Waals surface area contributed by atoms with Crippen molar-refractivity contribution in [2.24, 2.45) is 0 Å². The first-order valence-electron chi connectivity index (χ1n) is 7.90. The molecule has 0 aliphatic rings. The number of carbonyl (C=O) groups excluding carboxylic acids is 1. The zero-order chi connectivity index (χ0) is 19.3. The average molecular weight is 397 g/mol. The standard InChI is InChI=1S/C18H21ClN2O4S/c1-10-12(9-21-16(10)18(24)25-2)8-20-15(17(22)23)6-11-4-13(19)7-14(5-11)26-3/h4-5,7,9,15,20-21H,6,8H2,1-3H3,(H,22,23). The minimum atomic E-state index is -0.947. The van der Waals surface area contributed by atoms with Crippen LogP contribution in [-0.2, 0) is 22.5 Å². The van der Waals surface area contributed by atoms with Crippen molar-refractivity contribution in [3.8, 4) is 0 Å². The number of carbonyl (C=O) groups is 2. The predicted molar refractivity (Wildman–Crippen MR) is 102 cm³/mol. The number of H-pyrrole nitrogens is 1. The van der Waals surface area contributed by atoms with Crippen molar-refractivity contribution in [3.63, 3.8) is 0 Å². The molecule has 0 aliphatic carbocycles. The summed E-state index contributed by atoms with van der Waals surface area (Å²) in [4.78, 5) is 27.1. The molecule has 3 N–H and O–H groups in total. The third-order valence-corrected chi connectivity index (χ3v) is 5.01. The van der Waals surface area contributed by atoms with Crippen LogP contribution in [0, 0.1) is 6.92 Å². The fourth-order valence-corrected chi connectivity index (χ4v) is 3.44. The number of aromatic nitrogens is 1. The van der Waals surface area contributed by atoms with E-state index >= 15 is 0 Å². The number of nitrogens with one attached hydrogen (secondary N) is 2. The number of rotatable bonds is 8. The molecule has 6 nitrogen and oxygen atoms in total. The number of carboxylic acid groups (broad SMARTS) is 1. The number of halogens is 1. The number of methoxy groups -OCH3 is 1. The van der Waals surface area contributed by atoms with E-state index in [1.165, 1.54) is 7.11 Å². The Hall–Kier alpha value is -1.96. The van der Waals surface area contributed by atoms with Gasteiger partial charge in [0.05, 0.1) is 7.11 Å². The number of thioether (sulfide) groups is 1. The Morgan fingerprint density at radius 2 is 2.12 bits per heavy atom. The van der Waals surface area contributed by atoms with Gasteiger partial charge in [-0.3, -0.25) is 10.1 Å². The predicted octanol–water partition coefficient (Wildman–Crippen LogP) is 3.27. The summed E-state index contributed by atoms with van der Waals surface area (Å²) >= 11 is 7.65. The normalized spacial score (nSPS) is 12.0. The molecule has 1 aromatic heterocycles. The van der Waals surface area contributed by atoms with Crippen LogP contribution in [0.4, 0.5) is 0 Å². The summed E-state index contributed by atoms with van der Waals surface area (Å²) in [5, 5.41) is 13.1. The van der Waals surface area contributed by atoms with E-state index < -0.39 is 18.0 Å². The van der Waals surface area contributed by atoms with E-state index in [1.54, 1.807) is 30.9 Å². The SMILES string of the molecule is COC(=O)c1[nH]cc(CNC(Cc2cc(Cl)cc(SC)c2)C(=O)O)c1C. The Bertz CT molecular complexity index is 806. The molecule has 0 bridgehead atoms. The van der Waals surface area contributed by atoms with Gasteiger partial charge in [-0.1, -0.05) is 11.6 Å². The molecule has 0 fully saturated rings. The van der Waals surface area contributed by atoms with E-state index in [4.69, 9.17) is 16.3 Å². The van der Waals surface area contributed by atoms with E-state index in [0.717, 1.165) is 21.6 Å². The smallest absolute Gasteiger partial charge is 0.354 e. The summed E-state index contributed by atoms with van der Waals surface area (Å²) in [7, 11) is 1.31. The number of hydrogen-bond donors (Lipinski definition) is 3. The van der Waals surface area contributed by atoms with Crippen LogP contribution in [0.1, 0.15) is 27.2 Å². The lowest BCUT2D eigenvalue weighted by atomic mass is 10.1. The molecule has 0 spiro atoms. The molecule has 140 valence electrons. The summed E-state index contributed by atoms with van der Waals surface area (Å²) in [5.74, 6) is -1.40. The topological polar surface area (TPSA) is 91.4 Å². The lowest BCUT2D eigenvalue weighted by Crippen LogP contribution is -2.38. The number of aromatic amines is 1. The second-order valence-electron chi connectivity index (χ2n) is 5.78. The van der Waals surface area contributed by atoms with Gasteiger partial charge in [0.1, 0.15) is 11.7 Å². The second kappa shape index (κ2) is 9.12. The van der Waals surface area contributed by atoms with E-state index in [-0.39, 0.29) is 0 Å². The quantitative estimate of drug-likeness (QED) is 0.468. The van der Waals surface area contributed by atoms with Crippen molar-refractivity contribution in [3.05, 3.63) is 51.8 Å². The molecule has 8 heteroatoms. The number of benzene rings is 1. The van der Waals surface area contributed by atoms with Crippen molar-refractivity contribution >= 4 is 35.3 Å². The monoisotopic (exact) mass is 396 g/mol. The lowest BCUT2D eigenvalue weighted by molar-refractivity contribution is -0.139. The highest BCUT2D eigenvalue weighted by molar-refractivity contribution is 7.98. The molecule has 1 atom stereocenters. The summed E-state index contributed by atoms with van der Waals surface area (Å²) in [6.45, 7) is 2.10. The first-order valence-corrected chi connectivity index (χ1v) is 9.50. The maximum absolute atomic E-state index is 11.6. The van der Waals surface area contributed by atoms with E-state index in [1.807, 2.05) is 18.4 Å². The maximum Gasteiger partial charge on any atom is 0.354 e. The third kappa shape index (κ3) is 5.03. The molecule has 2 aromatic rings. The van der Waals surface area contributed by atoms with Gasteiger partial charge in [0.25, 0.3) is 0 Å². The zero-order valence-corrected chi connectivity index (χ0v) is 16.3. The fourth-order valence-electron chi connectivity index (χ4n) is 2.61. The van der Waals surface area contributed by atoms with Crippen molar-refractivity contribution in [1.82, 2.24) is 10.3 Å². The average Bonchev–Trinajstić information content (AvgIpc) is 2.97. The number of carboxylic acids is 1. The molecule has 0 saturated heterocycles. The summed E-state index contributed by atoms with van der Waals surface area (Å²) < 4.78 is 4.71. The number of esters is 1. The van der Waals surface area contributed by atoms with Gasteiger partial charge in [-0.05, 0) is 54.5 Å². The first kappa shape index (κ1) is 20.4. The van der Waals surface area contributed by atoms with Gasteiger partial charge in [0.15, 0.2) is 0 Å². The van der Waals surface area contributed by atoms with Crippen molar-refractivity contribution in [1.29, 1.82) is 0 Å². The highest BCUT2D eigenvalue weighted by Gasteiger charge is 2.20. The molecule has 26 heavy (non-hydrogen) atoms. The van der Waals surface area contributed by atoms with Crippen LogP contribution in [0.2, 0.25) is 5.02 Å². The minimum absolute atomic E-state index is 0.302. The third-order valence-electron chi connectivity index (χ3n) is 4.08. The first-order chi connectivity index (χ1) is 12.3. The molecular formula is C18H21ClN2O4S. The Morgan fingerprint density at radius 1 is 1.38 bits per heavy atom. The van der Waals surface area contributed by atoms with Crippen LogP contribution in [-0.4, -0.2) is 41.4 Å². The van der Waals surface area contributed by atoms with Gasteiger partial charge < -0.3 is 14.8 Å². The molecule has 0 aliphatic heterocycles. The second-order valence-corrected chi connectivity index (χ2v) is 7.10. The summed E-state index contributed by atoms with van der Waals surface area (Å²) in [5.41, 5.74) is 2.77. The van der Waals surface area contributed by atoms with Gasteiger partial charge in [-0.25, -0.2) is 4.79 Å². The van der Waals surface area contributed by atoms with Crippen LogP contribution >= 0.6 is 23.4 Å². The Kier molecular flexibility index (Phi) is 7.14. The number of aliphatic carboxylic acids is 1. The molecule has 2 rings (SSSR count). The fraction of sp³-hybridized carbons (Fsp3) is 0.333. The summed E-state index contributed by atoms with van der Waals surface area (Å²) in [6.07, 6.45) is 3.92. The van der Waals surface area contributed by atoms with Crippen molar-refractivity contribution < 1.29 is 19.4 Å².